The SMILES string of the molecule is COc1ccc(C(CN=C(N)Nc2cc(C)cc(C)c2)N2CCOCC2)cc1OC.I. The number of morpholine rings is 1. The Hall–Kier alpha value is -2.04. The van der Waals surface area contributed by atoms with Crippen molar-refractivity contribution in [2.75, 3.05) is 52.4 Å². The largest absolute Gasteiger partial charge is 0.493 e. The average molecular weight is 540 g/mol. The van der Waals surface area contributed by atoms with Crippen molar-refractivity contribution < 1.29 is 14.2 Å². The van der Waals surface area contributed by atoms with Gasteiger partial charge in [-0.05, 0) is 54.8 Å². The second kappa shape index (κ2) is 12.1. The van der Waals surface area contributed by atoms with Crippen LogP contribution in [0.15, 0.2) is 41.4 Å². The Kier molecular flexibility index (Phi) is 9.86. The number of ether oxygens (including phenoxy) is 3. The van der Waals surface area contributed by atoms with Crippen LogP contribution in [0.3, 0.4) is 0 Å². The zero-order valence-corrected chi connectivity index (χ0v) is 21.0. The van der Waals surface area contributed by atoms with E-state index >= 15 is 0 Å². The Morgan fingerprint density at radius 3 is 2.32 bits per heavy atom. The lowest BCUT2D eigenvalue weighted by Crippen LogP contribution is -2.40. The van der Waals surface area contributed by atoms with Crippen LogP contribution >= 0.6 is 24.0 Å². The van der Waals surface area contributed by atoms with Crippen molar-refractivity contribution in [1.29, 1.82) is 0 Å². The van der Waals surface area contributed by atoms with Crippen LogP contribution in [0.2, 0.25) is 0 Å². The third-order valence-electron chi connectivity index (χ3n) is 5.21. The quantitative estimate of drug-likeness (QED) is 0.317. The lowest BCUT2D eigenvalue weighted by atomic mass is 10.0. The van der Waals surface area contributed by atoms with E-state index in [4.69, 9.17) is 19.9 Å². The van der Waals surface area contributed by atoms with Gasteiger partial charge in [-0.25, -0.2) is 0 Å². The zero-order valence-electron chi connectivity index (χ0n) is 18.7. The monoisotopic (exact) mass is 540 g/mol. The van der Waals surface area contributed by atoms with Gasteiger partial charge in [0.1, 0.15) is 0 Å². The van der Waals surface area contributed by atoms with Gasteiger partial charge in [0.25, 0.3) is 0 Å². The molecule has 3 N–H and O–H groups in total. The maximum atomic E-state index is 6.21. The molecule has 1 atom stereocenters. The number of aryl methyl sites for hydroxylation is 2. The molecule has 1 aliphatic rings. The van der Waals surface area contributed by atoms with Gasteiger partial charge in [0, 0.05) is 18.8 Å². The molecule has 1 unspecified atom stereocenters. The number of aliphatic imine (C=N–C) groups is 1. The first kappa shape index (κ1) is 25.2. The van der Waals surface area contributed by atoms with Gasteiger partial charge >= 0.3 is 0 Å². The van der Waals surface area contributed by atoms with Crippen LogP contribution in [-0.4, -0.2) is 57.9 Å². The minimum Gasteiger partial charge on any atom is -0.493 e. The molecule has 1 aliphatic heterocycles. The molecule has 7 nitrogen and oxygen atoms in total. The predicted octanol–water partition coefficient (Wildman–Crippen LogP) is 3.74. The van der Waals surface area contributed by atoms with Gasteiger partial charge in [0.05, 0.1) is 40.0 Å². The molecule has 31 heavy (non-hydrogen) atoms. The van der Waals surface area contributed by atoms with Crippen LogP contribution in [0, 0.1) is 13.8 Å². The molecular weight excluding hydrogens is 507 g/mol. The topological polar surface area (TPSA) is 81.3 Å². The number of nitrogens with one attached hydrogen (secondary N) is 1. The van der Waals surface area contributed by atoms with E-state index < -0.39 is 0 Å². The normalized spacial score (nSPS) is 15.7. The molecule has 1 heterocycles. The van der Waals surface area contributed by atoms with E-state index in [0.717, 1.165) is 24.3 Å². The minimum atomic E-state index is 0. The first-order valence-electron chi connectivity index (χ1n) is 10.2. The molecule has 0 saturated carbocycles. The summed E-state index contributed by atoms with van der Waals surface area (Å²) in [7, 11) is 3.29. The van der Waals surface area contributed by atoms with Gasteiger partial charge in [-0.15, -0.1) is 24.0 Å². The van der Waals surface area contributed by atoms with Crippen LogP contribution in [-0.2, 0) is 4.74 Å². The van der Waals surface area contributed by atoms with E-state index in [-0.39, 0.29) is 30.0 Å². The number of rotatable bonds is 7. The third-order valence-corrected chi connectivity index (χ3v) is 5.21. The van der Waals surface area contributed by atoms with Crippen molar-refractivity contribution in [3.05, 3.63) is 53.1 Å². The molecule has 3 rings (SSSR count). The highest BCUT2D eigenvalue weighted by Gasteiger charge is 2.23. The summed E-state index contributed by atoms with van der Waals surface area (Å²) in [5, 5.41) is 3.21. The molecule has 0 radical (unpaired) electrons. The summed E-state index contributed by atoms with van der Waals surface area (Å²) in [6.07, 6.45) is 0. The van der Waals surface area contributed by atoms with Gasteiger partial charge in [-0.1, -0.05) is 12.1 Å². The lowest BCUT2D eigenvalue weighted by molar-refractivity contribution is 0.0179. The Balaban J connectivity index is 0.00000341. The highest BCUT2D eigenvalue weighted by atomic mass is 127. The minimum absolute atomic E-state index is 0. The van der Waals surface area contributed by atoms with E-state index in [1.807, 2.05) is 12.1 Å². The van der Waals surface area contributed by atoms with Crippen molar-refractivity contribution >= 4 is 35.6 Å². The van der Waals surface area contributed by atoms with E-state index in [1.54, 1.807) is 14.2 Å². The fraction of sp³-hybridized carbons (Fsp3) is 0.435. The van der Waals surface area contributed by atoms with Crippen molar-refractivity contribution in [2.24, 2.45) is 10.7 Å². The van der Waals surface area contributed by atoms with E-state index in [2.05, 4.69) is 53.3 Å². The van der Waals surface area contributed by atoms with Crippen LogP contribution in [0.1, 0.15) is 22.7 Å². The van der Waals surface area contributed by atoms with Crippen LogP contribution < -0.4 is 20.5 Å². The van der Waals surface area contributed by atoms with Gasteiger partial charge in [0.15, 0.2) is 17.5 Å². The summed E-state index contributed by atoms with van der Waals surface area (Å²) in [6.45, 7) is 7.78. The van der Waals surface area contributed by atoms with E-state index in [1.165, 1.54) is 11.1 Å². The standard InChI is InChI=1S/C23H32N4O3.HI/c1-16-11-17(2)13-19(12-16)26-23(24)25-15-20(27-7-9-30-10-8-27)18-5-6-21(28-3)22(14-18)29-4;/h5-6,11-14,20H,7-10,15H2,1-4H3,(H3,24,25,26);1H. The Morgan fingerprint density at radius 1 is 1.06 bits per heavy atom. The number of halogens is 1. The fourth-order valence-corrected chi connectivity index (χ4v) is 3.80. The summed E-state index contributed by atoms with van der Waals surface area (Å²) in [5.41, 5.74) is 10.6. The van der Waals surface area contributed by atoms with Gasteiger partial charge in [-0.2, -0.15) is 0 Å². The van der Waals surface area contributed by atoms with Gasteiger partial charge < -0.3 is 25.3 Å². The number of methoxy groups -OCH3 is 2. The second-order valence-corrected chi connectivity index (χ2v) is 7.51. The van der Waals surface area contributed by atoms with Crippen LogP contribution in [0.5, 0.6) is 11.5 Å². The molecule has 170 valence electrons. The molecule has 2 aromatic carbocycles. The summed E-state index contributed by atoms with van der Waals surface area (Å²) >= 11 is 0. The van der Waals surface area contributed by atoms with E-state index in [0.29, 0.717) is 37.2 Å². The van der Waals surface area contributed by atoms with Crippen molar-refractivity contribution in [3.63, 3.8) is 0 Å². The van der Waals surface area contributed by atoms with Gasteiger partial charge in [-0.3, -0.25) is 9.89 Å². The first-order valence-corrected chi connectivity index (χ1v) is 10.2. The maximum absolute atomic E-state index is 6.21. The number of benzene rings is 2. The first-order chi connectivity index (χ1) is 14.5. The molecular formula is C23H33IN4O3. The Morgan fingerprint density at radius 2 is 1.71 bits per heavy atom. The highest BCUT2D eigenvalue weighted by Crippen LogP contribution is 2.32. The number of anilines is 1. The summed E-state index contributed by atoms with van der Waals surface area (Å²) in [6, 6.07) is 12.3. The second-order valence-electron chi connectivity index (χ2n) is 7.51. The van der Waals surface area contributed by atoms with Crippen molar-refractivity contribution in [2.45, 2.75) is 19.9 Å². The molecule has 1 fully saturated rings. The maximum Gasteiger partial charge on any atom is 0.193 e. The summed E-state index contributed by atoms with van der Waals surface area (Å²) < 4.78 is 16.4. The number of nitrogens with two attached hydrogens (primary N) is 1. The van der Waals surface area contributed by atoms with Crippen molar-refractivity contribution in [3.8, 4) is 11.5 Å². The lowest BCUT2D eigenvalue weighted by Gasteiger charge is -2.34. The van der Waals surface area contributed by atoms with Gasteiger partial charge in [0.2, 0.25) is 0 Å². The molecule has 0 amide bonds. The molecule has 1 saturated heterocycles. The number of hydrogen-bond donors (Lipinski definition) is 2. The Labute approximate surface area is 202 Å². The average Bonchev–Trinajstić information content (AvgIpc) is 2.73. The Bertz CT molecular complexity index is 865. The molecule has 8 heteroatoms. The molecule has 0 bridgehead atoms. The molecule has 0 aliphatic carbocycles. The highest BCUT2D eigenvalue weighted by molar-refractivity contribution is 14.0. The number of nitrogens with zero attached hydrogens (tertiary/aromatic N) is 2. The summed E-state index contributed by atoms with van der Waals surface area (Å²) in [4.78, 5) is 7.03. The molecule has 2 aromatic rings. The molecule has 0 aromatic heterocycles. The summed E-state index contributed by atoms with van der Waals surface area (Å²) in [5.74, 6) is 1.82. The number of guanidine groups is 1. The van der Waals surface area contributed by atoms with Crippen molar-refractivity contribution in [1.82, 2.24) is 4.90 Å². The smallest absolute Gasteiger partial charge is 0.193 e. The third kappa shape index (κ3) is 6.98. The van der Waals surface area contributed by atoms with Crippen LogP contribution in [0.4, 0.5) is 5.69 Å². The number of hydrogen-bond acceptors (Lipinski definition) is 5. The zero-order chi connectivity index (χ0) is 21.5. The van der Waals surface area contributed by atoms with E-state index in [9.17, 15) is 0 Å². The molecule has 0 spiro atoms. The fourth-order valence-electron chi connectivity index (χ4n) is 3.80. The predicted molar refractivity (Wildman–Crippen MR) is 136 cm³/mol. The van der Waals surface area contributed by atoms with Crippen LogP contribution in [0.25, 0.3) is 0 Å².